The van der Waals surface area contributed by atoms with Crippen LogP contribution in [0.25, 0.3) is 0 Å². The second-order valence-corrected chi connectivity index (χ2v) is 2.46. The lowest BCUT2D eigenvalue weighted by atomic mass is 10.0. The number of aliphatic hydroxyl groups is 1. The number of hydrogen-bond donors (Lipinski definition) is 2. The van der Waals surface area contributed by atoms with Gasteiger partial charge in [0.15, 0.2) is 0 Å². The minimum absolute atomic E-state index is 0.132. The lowest BCUT2D eigenvalue weighted by molar-refractivity contribution is 0.174. The molecule has 1 heterocycles. The SMILES string of the molecule is OC[C@H]1CC[C@H](F)CN1. The zero-order valence-corrected chi connectivity index (χ0v) is 5.31. The van der Waals surface area contributed by atoms with Crippen molar-refractivity contribution in [2.75, 3.05) is 13.2 Å². The summed E-state index contributed by atoms with van der Waals surface area (Å²) in [5.74, 6) is 0. The minimum atomic E-state index is -0.701. The summed E-state index contributed by atoms with van der Waals surface area (Å²) in [7, 11) is 0. The maximum absolute atomic E-state index is 12.3. The van der Waals surface area contributed by atoms with Crippen molar-refractivity contribution in [2.45, 2.75) is 25.1 Å². The van der Waals surface area contributed by atoms with Crippen molar-refractivity contribution in [2.24, 2.45) is 0 Å². The average molecular weight is 133 g/mol. The molecule has 2 atom stereocenters. The van der Waals surface area contributed by atoms with Gasteiger partial charge in [-0.2, -0.15) is 0 Å². The van der Waals surface area contributed by atoms with Crippen LogP contribution in [0.4, 0.5) is 4.39 Å². The molecule has 1 aliphatic heterocycles. The lowest BCUT2D eigenvalue weighted by Crippen LogP contribution is -2.41. The Labute approximate surface area is 54.1 Å². The fourth-order valence-corrected chi connectivity index (χ4v) is 1.04. The highest BCUT2D eigenvalue weighted by atomic mass is 19.1. The number of halogens is 1. The summed E-state index contributed by atoms with van der Waals surface area (Å²) in [5, 5.41) is 11.5. The van der Waals surface area contributed by atoms with Gasteiger partial charge in [0.1, 0.15) is 6.17 Å². The van der Waals surface area contributed by atoms with Crippen LogP contribution in [0.3, 0.4) is 0 Å². The standard InChI is InChI=1S/C6H12FNO/c7-5-1-2-6(4-9)8-3-5/h5-6,8-9H,1-4H2/t5-,6+/m0/s1. The van der Waals surface area contributed by atoms with Crippen molar-refractivity contribution < 1.29 is 9.50 Å². The Bertz CT molecular complexity index is 81.1. The first kappa shape index (κ1) is 6.96. The quantitative estimate of drug-likeness (QED) is 0.530. The molecule has 0 amide bonds. The maximum atomic E-state index is 12.3. The zero-order chi connectivity index (χ0) is 6.69. The third kappa shape index (κ3) is 1.91. The number of rotatable bonds is 1. The van der Waals surface area contributed by atoms with E-state index < -0.39 is 6.17 Å². The first-order valence-electron chi connectivity index (χ1n) is 3.31. The van der Waals surface area contributed by atoms with Crippen LogP contribution in [-0.4, -0.2) is 30.5 Å². The van der Waals surface area contributed by atoms with Gasteiger partial charge >= 0.3 is 0 Å². The van der Waals surface area contributed by atoms with E-state index in [4.69, 9.17) is 5.11 Å². The molecule has 0 aromatic heterocycles. The molecule has 0 saturated carbocycles. The van der Waals surface area contributed by atoms with Gasteiger partial charge in [-0.25, -0.2) is 4.39 Å². The first-order valence-corrected chi connectivity index (χ1v) is 3.31. The van der Waals surface area contributed by atoms with Crippen LogP contribution in [0, 0.1) is 0 Å². The minimum Gasteiger partial charge on any atom is -0.395 e. The molecule has 0 spiro atoms. The van der Waals surface area contributed by atoms with Gasteiger partial charge in [0.2, 0.25) is 0 Å². The summed E-state index contributed by atoms with van der Waals surface area (Å²) in [6.45, 7) is 0.540. The van der Waals surface area contributed by atoms with E-state index in [0.717, 1.165) is 6.42 Å². The molecule has 2 N–H and O–H groups in total. The van der Waals surface area contributed by atoms with E-state index in [0.29, 0.717) is 13.0 Å². The normalized spacial score (nSPS) is 36.7. The summed E-state index contributed by atoms with van der Waals surface area (Å²) in [6, 6.07) is 0.136. The van der Waals surface area contributed by atoms with E-state index in [1.54, 1.807) is 0 Å². The topological polar surface area (TPSA) is 32.3 Å². The zero-order valence-electron chi connectivity index (χ0n) is 5.31. The average Bonchev–Trinajstić information content (AvgIpc) is 1.90. The predicted octanol–water partition coefficient (Wildman–Crippen LogP) is 0.0688. The molecule has 0 unspecified atom stereocenters. The first-order chi connectivity index (χ1) is 4.33. The van der Waals surface area contributed by atoms with Crippen molar-refractivity contribution in [3.8, 4) is 0 Å². The summed E-state index contributed by atoms with van der Waals surface area (Å²) >= 11 is 0. The molecule has 1 saturated heterocycles. The Morgan fingerprint density at radius 2 is 2.33 bits per heavy atom. The Morgan fingerprint density at radius 3 is 2.78 bits per heavy atom. The van der Waals surface area contributed by atoms with Gasteiger partial charge in [0, 0.05) is 12.6 Å². The van der Waals surface area contributed by atoms with Crippen molar-refractivity contribution in [3.63, 3.8) is 0 Å². The van der Waals surface area contributed by atoms with Gasteiger partial charge < -0.3 is 10.4 Å². The van der Waals surface area contributed by atoms with Crippen molar-refractivity contribution in [1.82, 2.24) is 5.32 Å². The van der Waals surface area contributed by atoms with Crippen LogP contribution in [0.1, 0.15) is 12.8 Å². The Kier molecular flexibility index (Phi) is 2.42. The molecule has 0 bridgehead atoms. The highest BCUT2D eigenvalue weighted by Crippen LogP contribution is 2.09. The van der Waals surface area contributed by atoms with Crippen LogP contribution in [-0.2, 0) is 0 Å². The lowest BCUT2D eigenvalue weighted by Gasteiger charge is -2.23. The molecule has 1 aliphatic rings. The van der Waals surface area contributed by atoms with Gasteiger partial charge in [0.25, 0.3) is 0 Å². The molecule has 0 aromatic rings. The molecule has 54 valence electrons. The molecule has 0 aliphatic carbocycles. The second kappa shape index (κ2) is 3.13. The highest BCUT2D eigenvalue weighted by Gasteiger charge is 2.18. The Balaban J connectivity index is 2.18. The van der Waals surface area contributed by atoms with Gasteiger partial charge in [-0.1, -0.05) is 0 Å². The van der Waals surface area contributed by atoms with Gasteiger partial charge in [-0.3, -0.25) is 0 Å². The van der Waals surface area contributed by atoms with E-state index in [2.05, 4.69) is 5.32 Å². The molecule has 0 aromatic carbocycles. The van der Waals surface area contributed by atoms with E-state index in [9.17, 15) is 4.39 Å². The third-order valence-electron chi connectivity index (χ3n) is 1.68. The molecule has 1 fully saturated rings. The molecule has 3 heteroatoms. The smallest absolute Gasteiger partial charge is 0.113 e. The summed E-state index contributed by atoms with van der Waals surface area (Å²) in [4.78, 5) is 0. The Hall–Kier alpha value is -0.150. The van der Waals surface area contributed by atoms with E-state index in [-0.39, 0.29) is 12.6 Å². The van der Waals surface area contributed by atoms with Crippen LogP contribution >= 0.6 is 0 Å². The number of nitrogens with one attached hydrogen (secondary N) is 1. The maximum Gasteiger partial charge on any atom is 0.113 e. The monoisotopic (exact) mass is 133 g/mol. The molecule has 9 heavy (non-hydrogen) atoms. The van der Waals surface area contributed by atoms with Crippen LogP contribution < -0.4 is 5.32 Å². The van der Waals surface area contributed by atoms with E-state index in [1.165, 1.54) is 0 Å². The molecule has 2 nitrogen and oxygen atoms in total. The fourth-order valence-electron chi connectivity index (χ4n) is 1.04. The van der Waals surface area contributed by atoms with Crippen LogP contribution in [0.5, 0.6) is 0 Å². The van der Waals surface area contributed by atoms with Crippen LogP contribution in [0.2, 0.25) is 0 Å². The number of piperidine rings is 1. The second-order valence-electron chi connectivity index (χ2n) is 2.46. The van der Waals surface area contributed by atoms with Gasteiger partial charge in [-0.15, -0.1) is 0 Å². The summed E-state index contributed by atoms with van der Waals surface area (Å²) in [5.41, 5.74) is 0. The summed E-state index contributed by atoms with van der Waals surface area (Å²) < 4.78 is 12.3. The Morgan fingerprint density at radius 1 is 1.56 bits per heavy atom. The van der Waals surface area contributed by atoms with Crippen molar-refractivity contribution >= 4 is 0 Å². The van der Waals surface area contributed by atoms with Gasteiger partial charge in [-0.05, 0) is 12.8 Å². The summed E-state index contributed by atoms with van der Waals surface area (Å²) in [6.07, 6.45) is 0.656. The number of aliphatic hydroxyl groups excluding tert-OH is 1. The third-order valence-corrected chi connectivity index (χ3v) is 1.68. The van der Waals surface area contributed by atoms with Gasteiger partial charge in [0.05, 0.1) is 6.61 Å². The molecule has 1 rings (SSSR count). The molecular formula is C6H12FNO. The van der Waals surface area contributed by atoms with Crippen molar-refractivity contribution in [1.29, 1.82) is 0 Å². The number of alkyl halides is 1. The fraction of sp³-hybridized carbons (Fsp3) is 1.00. The predicted molar refractivity (Wildman–Crippen MR) is 33.0 cm³/mol. The molecular weight excluding hydrogens is 121 g/mol. The van der Waals surface area contributed by atoms with Crippen molar-refractivity contribution in [3.05, 3.63) is 0 Å². The van der Waals surface area contributed by atoms with Crippen LogP contribution in [0.15, 0.2) is 0 Å². The largest absolute Gasteiger partial charge is 0.395 e. The van der Waals surface area contributed by atoms with E-state index in [1.807, 2.05) is 0 Å². The highest BCUT2D eigenvalue weighted by molar-refractivity contribution is 4.76. The molecule has 0 radical (unpaired) electrons. The van der Waals surface area contributed by atoms with E-state index >= 15 is 0 Å². The number of hydrogen-bond acceptors (Lipinski definition) is 2.